The molecule has 3 nitrogen and oxygen atoms in total. The number of pyridine rings is 1. The zero-order chi connectivity index (χ0) is 23.6. The van der Waals surface area contributed by atoms with Crippen LogP contribution in [0.4, 0.5) is 5.69 Å². The normalized spacial score (nSPS) is 16.1. The Morgan fingerprint density at radius 2 is 1.93 bits per heavy atom. The monoisotopic (exact) mass is 373 g/mol. The second kappa shape index (κ2) is 6.49. The molecule has 0 radical (unpaired) electrons. The summed E-state index contributed by atoms with van der Waals surface area (Å²) in [7, 11) is 1.93. The van der Waals surface area contributed by atoms with Crippen LogP contribution in [0.25, 0.3) is 38.0 Å². The number of rotatable bonds is 2. The van der Waals surface area contributed by atoms with E-state index in [0.717, 1.165) is 38.9 Å². The molecule has 1 atom stereocenters. The van der Waals surface area contributed by atoms with Crippen LogP contribution < -0.4 is 4.57 Å². The summed E-state index contributed by atoms with van der Waals surface area (Å²) in [6.07, 6.45) is 0. The molecule has 0 saturated heterocycles. The van der Waals surface area contributed by atoms with E-state index in [1.165, 1.54) is 6.92 Å². The van der Waals surface area contributed by atoms with E-state index in [2.05, 4.69) is 10.9 Å². The van der Waals surface area contributed by atoms with Crippen molar-refractivity contribution < 1.29 is 14.5 Å². The number of aryl methyl sites for hydroxylation is 3. The maximum absolute atomic E-state index is 8.61. The van der Waals surface area contributed by atoms with Gasteiger partial charge < -0.3 is 4.42 Å². The molecule has 140 valence electrons. The third-order valence-corrected chi connectivity index (χ3v) is 5.49. The van der Waals surface area contributed by atoms with Crippen molar-refractivity contribution in [2.24, 2.45) is 7.05 Å². The Labute approximate surface area is 171 Å². The minimum absolute atomic E-state index is 0.433. The second-order valence-corrected chi connectivity index (χ2v) is 7.44. The summed E-state index contributed by atoms with van der Waals surface area (Å²) in [5.41, 5.74) is 6.85. The summed E-state index contributed by atoms with van der Waals surface area (Å²) in [4.78, 5) is 3.51. The van der Waals surface area contributed by atoms with Crippen LogP contribution in [0.1, 0.15) is 47.5 Å². The van der Waals surface area contributed by atoms with E-state index in [0.29, 0.717) is 22.4 Å². The molecule has 0 bridgehead atoms. The van der Waals surface area contributed by atoms with Gasteiger partial charge in [-0.3, -0.25) is 0 Å². The molecule has 0 saturated carbocycles. The Balaban J connectivity index is 2.11. The number of nitrogens with zero attached hydrogens (tertiary/aromatic N) is 2. The van der Waals surface area contributed by atoms with Gasteiger partial charge in [0.2, 0.25) is 5.69 Å². The molecule has 0 N–H and O–H groups in total. The quantitative estimate of drug-likeness (QED) is 0.284. The maximum atomic E-state index is 8.61. The predicted molar refractivity (Wildman–Crippen MR) is 115 cm³/mol. The fourth-order valence-corrected chi connectivity index (χ4v) is 3.94. The van der Waals surface area contributed by atoms with Gasteiger partial charge in [-0.25, -0.2) is 4.85 Å². The highest BCUT2D eigenvalue weighted by molar-refractivity contribution is 6.12. The van der Waals surface area contributed by atoms with E-state index in [9.17, 15) is 0 Å². The topological polar surface area (TPSA) is 21.4 Å². The fraction of sp³-hybridized carbons (Fsp3) is 0.280. The lowest BCUT2D eigenvalue weighted by Gasteiger charge is -2.12. The fourth-order valence-electron chi connectivity index (χ4n) is 3.94. The van der Waals surface area contributed by atoms with Gasteiger partial charge in [0, 0.05) is 35.3 Å². The number of hydrogen-bond donors (Lipinski definition) is 0. The van der Waals surface area contributed by atoms with Gasteiger partial charge in [-0.05, 0) is 42.5 Å². The number of fused-ring (bicyclic) bond motifs is 3. The van der Waals surface area contributed by atoms with Crippen LogP contribution in [0.3, 0.4) is 0 Å². The third-order valence-electron chi connectivity index (χ3n) is 5.49. The molecule has 0 fully saturated rings. The lowest BCUT2D eigenvalue weighted by Crippen LogP contribution is -2.35. The zero-order valence-electron chi connectivity index (χ0n) is 20.8. The molecule has 4 aromatic rings. The molecule has 0 aliphatic heterocycles. The van der Waals surface area contributed by atoms with E-state index in [1.54, 1.807) is 24.3 Å². The van der Waals surface area contributed by atoms with Gasteiger partial charge in [0.05, 0.1) is 12.1 Å². The Hall–Kier alpha value is -3.12. The van der Waals surface area contributed by atoms with Crippen molar-refractivity contribution in [1.29, 1.82) is 0 Å². The molecule has 0 amide bonds. The van der Waals surface area contributed by atoms with Crippen LogP contribution in [-0.2, 0) is 7.05 Å². The summed E-state index contributed by atoms with van der Waals surface area (Å²) in [5, 5.41) is 1.92. The molecule has 1 unspecified atom stereocenters. The minimum Gasteiger partial charge on any atom is -0.456 e. The molecule has 3 heteroatoms. The number of benzene rings is 2. The van der Waals surface area contributed by atoms with E-state index in [4.69, 9.17) is 16.5 Å². The molecular weight excluding hydrogens is 344 g/mol. The Morgan fingerprint density at radius 3 is 2.64 bits per heavy atom. The van der Waals surface area contributed by atoms with Crippen molar-refractivity contribution in [1.82, 2.24) is 0 Å². The van der Waals surface area contributed by atoms with Crippen LogP contribution in [0.2, 0.25) is 0 Å². The Kier molecular flexibility index (Phi) is 3.24. The van der Waals surface area contributed by atoms with Crippen LogP contribution >= 0.6 is 0 Å². The highest BCUT2D eigenvalue weighted by Gasteiger charge is 2.24. The third kappa shape index (κ3) is 2.68. The number of aromatic nitrogens is 1. The number of hydrogen-bond acceptors (Lipinski definition) is 1. The molecular formula is C25H25N2O+. The van der Waals surface area contributed by atoms with Crippen LogP contribution in [-0.4, -0.2) is 0 Å². The van der Waals surface area contributed by atoms with E-state index in [-0.39, 0.29) is 0 Å². The van der Waals surface area contributed by atoms with Crippen LogP contribution in [0, 0.1) is 27.3 Å². The van der Waals surface area contributed by atoms with Crippen molar-refractivity contribution in [3.05, 3.63) is 70.2 Å². The van der Waals surface area contributed by atoms with Gasteiger partial charge in [-0.2, -0.15) is 4.57 Å². The van der Waals surface area contributed by atoms with Gasteiger partial charge in [0.1, 0.15) is 18.2 Å². The molecule has 0 aliphatic carbocycles. The molecule has 2 aromatic carbocycles. The molecule has 28 heavy (non-hydrogen) atoms. The average Bonchev–Trinajstić information content (AvgIpc) is 3.08. The van der Waals surface area contributed by atoms with Gasteiger partial charge in [-0.15, -0.1) is 0 Å². The van der Waals surface area contributed by atoms with E-state index >= 15 is 0 Å². The Morgan fingerprint density at radius 1 is 1.14 bits per heavy atom. The first-order chi connectivity index (χ1) is 14.9. The van der Waals surface area contributed by atoms with E-state index < -0.39 is 12.7 Å². The first kappa shape index (κ1) is 14.0. The van der Waals surface area contributed by atoms with Crippen molar-refractivity contribution >= 4 is 27.6 Å². The van der Waals surface area contributed by atoms with Crippen molar-refractivity contribution in [2.45, 2.75) is 40.4 Å². The highest BCUT2D eigenvalue weighted by atomic mass is 16.3. The van der Waals surface area contributed by atoms with Crippen LogP contribution in [0.5, 0.6) is 0 Å². The molecule has 4 rings (SSSR count). The SMILES string of the molecule is [2H]C([2H])([2H])C([2H])(C)c1cc(C)[n+](C)c(-c2c(C)cc(C)c3c2oc2cc([N+]#[C-])ccc23)c1. The van der Waals surface area contributed by atoms with Crippen LogP contribution in [0.15, 0.2) is 40.8 Å². The number of furan rings is 1. The molecule has 2 heterocycles. The predicted octanol–water partition coefficient (Wildman–Crippen LogP) is 6.68. The summed E-state index contributed by atoms with van der Waals surface area (Å²) in [5.74, 6) is -1.75. The van der Waals surface area contributed by atoms with Crippen molar-refractivity contribution in [3.8, 4) is 11.3 Å². The average molecular weight is 374 g/mol. The zero-order valence-corrected chi connectivity index (χ0v) is 16.8. The molecule has 2 aromatic heterocycles. The van der Waals surface area contributed by atoms with Crippen molar-refractivity contribution in [3.63, 3.8) is 0 Å². The second-order valence-electron chi connectivity index (χ2n) is 7.44. The maximum Gasteiger partial charge on any atom is 0.216 e. The summed E-state index contributed by atoms with van der Waals surface area (Å²) >= 11 is 0. The van der Waals surface area contributed by atoms with Crippen molar-refractivity contribution in [2.75, 3.05) is 0 Å². The largest absolute Gasteiger partial charge is 0.456 e. The summed E-state index contributed by atoms with van der Waals surface area (Å²) < 4.78 is 40.6. The standard InChI is InChI=1S/C25H25N2O/c1-14(2)18-11-17(5)27(7)21(12-18)24-16(4)10-15(3)23-20-9-8-19(26-6)13-22(20)28-25(23)24/h8-14H,1-5,7H3/q+1/i1D3,14D. The highest BCUT2D eigenvalue weighted by Crippen LogP contribution is 2.40. The van der Waals surface area contributed by atoms with Gasteiger partial charge >= 0.3 is 0 Å². The van der Waals surface area contributed by atoms with E-state index in [1.807, 2.05) is 38.5 Å². The first-order valence-electron chi connectivity index (χ1n) is 11.2. The molecule has 0 aliphatic rings. The first-order valence-corrected chi connectivity index (χ1v) is 9.22. The van der Waals surface area contributed by atoms with Gasteiger partial charge in [0.25, 0.3) is 0 Å². The summed E-state index contributed by atoms with van der Waals surface area (Å²) in [6, 6.07) is 11.1. The smallest absolute Gasteiger partial charge is 0.216 e. The molecule has 0 spiro atoms. The lowest BCUT2D eigenvalue weighted by atomic mass is 9.94. The lowest BCUT2D eigenvalue weighted by molar-refractivity contribution is -0.666. The van der Waals surface area contributed by atoms with Gasteiger partial charge in [0.15, 0.2) is 11.4 Å². The minimum atomic E-state index is -2.47. The Bertz CT molecular complexity index is 1440. The summed E-state index contributed by atoms with van der Waals surface area (Å²) in [6.45, 7) is 12.2. The van der Waals surface area contributed by atoms with Gasteiger partial charge in [-0.1, -0.05) is 32.0 Å².